The fourth-order valence-electron chi connectivity index (χ4n) is 1.89. The largest absolute Gasteiger partial charge is 0.465 e. The third-order valence-electron chi connectivity index (χ3n) is 3.20. The van der Waals surface area contributed by atoms with Gasteiger partial charge in [-0.1, -0.05) is 0 Å². The lowest BCUT2D eigenvalue weighted by molar-refractivity contribution is -0.140. The number of amidine groups is 1. The molecule has 28 heavy (non-hydrogen) atoms. The molecule has 11 heteroatoms. The van der Waals surface area contributed by atoms with Crippen molar-refractivity contribution in [3.8, 4) is 6.07 Å². The molecule has 146 valence electrons. The molecule has 2 rings (SSSR count). The first kappa shape index (κ1) is 20.6. The molecule has 1 amide bonds. The molecular formula is C17H13F4N5O2. The molecule has 1 aromatic carbocycles. The van der Waals surface area contributed by atoms with Crippen LogP contribution >= 0.6 is 0 Å². The lowest BCUT2D eigenvalue weighted by Crippen LogP contribution is -2.20. The maximum atomic E-state index is 13.8. The van der Waals surface area contributed by atoms with Gasteiger partial charge in [0.15, 0.2) is 0 Å². The Bertz CT molecular complexity index is 921. The maximum Gasteiger partial charge on any atom is 0.392 e. The SMILES string of the molecule is N#Cc1ccc(C(=O)Nc2ccc(F)c(/N=C(/N)OCCC(F)(F)F)c2)nc1. The van der Waals surface area contributed by atoms with Gasteiger partial charge in [-0.2, -0.15) is 23.4 Å². The van der Waals surface area contributed by atoms with Crippen molar-refractivity contribution >= 4 is 23.3 Å². The quantitative estimate of drug-likeness (QED) is 0.458. The molecule has 1 heterocycles. The average Bonchev–Trinajstić information content (AvgIpc) is 2.63. The summed E-state index contributed by atoms with van der Waals surface area (Å²) in [6.45, 7) is -0.763. The van der Waals surface area contributed by atoms with Crippen molar-refractivity contribution in [3.05, 3.63) is 53.6 Å². The van der Waals surface area contributed by atoms with Gasteiger partial charge in [-0.15, -0.1) is 0 Å². The van der Waals surface area contributed by atoms with Crippen LogP contribution in [-0.2, 0) is 4.74 Å². The number of benzene rings is 1. The molecule has 0 saturated carbocycles. The Balaban J connectivity index is 2.08. The Kier molecular flexibility index (Phi) is 6.49. The van der Waals surface area contributed by atoms with Gasteiger partial charge in [0, 0.05) is 11.9 Å². The lowest BCUT2D eigenvalue weighted by Gasteiger charge is -2.09. The third-order valence-corrected chi connectivity index (χ3v) is 3.20. The van der Waals surface area contributed by atoms with Gasteiger partial charge in [-0.3, -0.25) is 4.79 Å². The van der Waals surface area contributed by atoms with E-state index >= 15 is 0 Å². The number of hydrogen-bond donors (Lipinski definition) is 2. The normalized spacial score (nSPS) is 11.6. The van der Waals surface area contributed by atoms with Gasteiger partial charge in [-0.25, -0.2) is 9.37 Å². The fraction of sp³-hybridized carbons (Fsp3) is 0.176. The zero-order chi connectivity index (χ0) is 20.7. The molecule has 0 aliphatic rings. The summed E-state index contributed by atoms with van der Waals surface area (Å²) < 4.78 is 54.7. The summed E-state index contributed by atoms with van der Waals surface area (Å²) in [5.74, 6) is -1.45. The van der Waals surface area contributed by atoms with Crippen LogP contribution in [0.4, 0.5) is 28.9 Å². The van der Waals surface area contributed by atoms with Crippen LogP contribution in [0, 0.1) is 17.1 Å². The summed E-state index contributed by atoms with van der Waals surface area (Å²) >= 11 is 0. The second kappa shape index (κ2) is 8.81. The van der Waals surface area contributed by atoms with Crippen LogP contribution in [0.1, 0.15) is 22.5 Å². The Morgan fingerprint density at radius 1 is 1.32 bits per heavy atom. The molecule has 0 bridgehead atoms. The number of aromatic nitrogens is 1. The summed E-state index contributed by atoms with van der Waals surface area (Å²) in [5, 5.41) is 11.2. The minimum Gasteiger partial charge on any atom is -0.465 e. The van der Waals surface area contributed by atoms with Gasteiger partial charge >= 0.3 is 6.18 Å². The maximum absolute atomic E-state index is 13.8. The van der Waals surface area contributed by atoms with Crippen molar-refractivity contribution in [2.24, 2.45) is 10.7 Å². The number of nitriles is 1. The number of nitrogens with one attached hydrogen (secondary N) is 1. The van der Waals surface area contributed by atoms with Gasteiger partial charge in [0.2, 0.25) is 0 Å². The summed E-state index contributed by atoms with van der Waals surface area (Å²) in [6, 6.07) is 7.31. The Hall–Kier alpha value is -3.68. The van der Waals surface area contributed by atoms with Crippen molar-refractivity contribution < 1.29 is 27.1 Å². The molecule has 0 saturated heterocycles. The van der Waals surface area contributed by atoms with E-state index in [1.54, 1.807) is 0 Å². The molecule has 0 aliphatic heterocycles. The highest BCUT2D eigenvalue weighted by atomic mass is 19.4. The molecule has 7 nitrogen and oxygen atoms in total. The monoisotopic (exact) mass is 395 g/mol. The smallest absolute Gasteiger partial charge is 0.392 e. The zero-order valence-electron chi connectivity index (χ0n) is 14.1. The molecule has 0 unspecified atom stereocenters. The van der Waals surface area contributed by atoms with E-state index in [1.807, 2.05) is 6.07 Å². The Morgan fingerprint density at radius 3 is 2.68 bits per heavy atom. The molecule has 2 aromatic rings. The molecule has 0 spiro atoms. The standard InChI is InChI=1S/C17H13F4N5O2/c18-12-3-2-11(25-15(27)13-4-1-10(8-22)9-24-13)7-14(12)26-16(23)28-6-5-17(19,20)21/h1-4,7,9H,5-6H2,(H2,23,26)(H,25,27). The minimum absolute atomic E-state index is 0.0170. The second-order valence-corrected chi connectivity index (χ2v) is 5.33. The van der Waals surface area contributed by atoms with E-state index in [0.29, 0.717) is 0 Å². The predicted molar refractivity (Wildman–Crippen MR) is 91.2 cm³/mol. The summed E-state index contributed by atoms with van der Waals surface area (Å²) in [7, 11) is 0. The molecule has 3 N–H and O–H groups in total. The van der Waals surface area contributed by atoms with Crippen LogP contribution in [0.3, 0.4) is 0 Å². The molecule has 0 aliphatic carbocycles. The van der Waals surface area contributed by atoms with E-state index in [0.717, 1.165) is 12.1 Å². The van der Waals surface area contributed by atoms with Crippen LogP contribution in [0.15, 0.2) is 41.5 Å². The molecule has 0 atom stereocenters. The van der Waals surface area contributed by atoms with Crippen LogP contribution in [-0.4, -0.2) is 29.7 Å². The number of rotatable bonds is 5. The number of nitrogens with zero attached hydrogens (tertiary/aromatic N) is 3. The molecule has 0 fully saturated rings. The van der Waals surface area contributed by atoms with E-state index in [-0.39, 0.29) is 22.6 Å². The van der Waals surface area contributed by atoms with Crippen molar-refractivity contribution in [3.63, 3.8) is 0 Å². The van der Waals surface area contributed by atoms with Crippen LogP contribution < -0.4 is 11.1 Å². The number of amides is 1. The van der Waals surface area contributed by atoms with E-state index in [9.17, 15) is 22.4 Å². The zero-order valence-corrected chi connectivity index (χ0v) is 14.1. The van der Waals surface area contributed by atoms with E-state index < -0.39 is 37.0 Å². The number of hydrogen-bond acceptors (Lipinski definition) is 5. The van der Waals surface area contributed by atoms with Gasteiger partial charge in [-0.05, 0) is 30.3 Å². The topological polar surface area (TPSA) is 113 Å². The minimum atomic E-state index is -4.42. The van der Waals surface area contributed by atoms with E-state index in [2.05, 4.69) is 20.0 Å². The first-order valence-electron chi connectivity index (χ1n) is 7.69. The number of ether oxygens (including phenoxy) is 1. The third kappa shape index (κ3) is 6.24. The predicted octanol–water partition coefficient (Wildman–Crippen LogP) is 3.26. The van der Waals surface area contributed by atoms with Crippen LogP contribution in [0.2, 0.25) is 0 Å². The summed E-state index contributed by atoms with van der Waals surface area (Å²) in [6.07, 6.45) is -4.44. The van der Waals surface area contributed by atoms with Crippen molar-refractivity contribution in [1.29, 1.82) is 5.26 Å². The number of aliphatic imine (C=N–C) groups is 1. The van der Waals surface area contributed by atoms with Gasteiger partial charge in [0.05, 0.1) is 12.0 Å². The van der Waals surface area contributed by atoms with Gasteiger partial charge in [0.1, 0.15) is 29.9 Å². The van der Waals surface area contributed by atoms with Crippen LogP contribution in [0.5, 0.6) is 0 Å². The summed E-state index contributed by atoms with van der Waals surface area (Å²) in [4.78, 5) is 19.5. The van der Waals surface area contributed by atoms with Crippen molar-refractivity contribution in [1.82, 2.24) is 4.98 Å². The second-order valence-electron chi connectivity index (χ2n) is 5.33. The van der Waals surface area contributed by atoms with Crippen molar-refractivity contribution in [2.75, 3.05) is 11.9 Å². The van der Waals surface area contributed by atoms with E-state index in [4.69, 9.17) is 11.0 Å². The Labute approximate surface area is 156 Å². The first-order valence-corrected chi connectivity index (χ1v) is 7.69. The Morgan fingerprint density at radius 2 is 2.07 bits per heavy atom. The highest BCUT2D eigenvalue weighted by Gasteiger charge is 2.27. The first-order chi connectivity index (χ1) is 13.2. The van der Waals surface area contributed by atoms with Crippen LogP contribution in [0.25, 0.3) is 0 Å². The number of pyridine rings is 1. The number of anilines is 1. The highest BCUT2D eigenvalue weighted by molar-refractivity contribution is 6.03. The van der Waals surface area contributed by atoms with Gasteiger partial charge in [0.25, 0.3) is 11.9 Å². The fourth-order valence-corrected chi connectivity index (χ4v) is 1.89. The number of alkyl halides is 3. The molecular weight excluding hydrogens is 382 g/mol. The van der Waals surface area contributed by atoms with Gasteiger partial charge < -0.3 is 15.8 Å². The summed E-state index contributed by atoms with van der Waals surface area (Å²) in [5.41, 5.74) is 5.44. The number of nitrogens with two attached hydrogens (primary N) is 1. The van der Waals surface area contributed by atoms with E-state index in [1.165, 1.54) is 24.4 Å². The number of carbonyl (C=O) groups is 1. The molecule has 0 radical (unpaired) electrons. The molecule has 1 aromatic heterocycles. The highest BCUT2D eigenvalue weighted by Crippen LogP contribution is 2.23. The van der Waals surface area contributed by atoms with Crippen molar-refractivity contribution in [2.45, 2.75) is 12.6 Å². The number of halogens is 4. The average molecular weight is 395 g/mol. The lowest BCUT2D eigenvalue weighted by atomic mass is 10.2. The number of carbonyl (C=O) groups excluding carboxylic acids is 1.